The number of fused-ring (bicyclic) bond motifs is 1. The van der Waals surface area contributed by atoms with E-state index in [4.69, 9.17) is 11.6 Å². The predicted molar refractivity (Wildman–Crippen MR) is 93.7 cm³/mol. The maximum Gasteiger partial charge on any atom is 0.253 e. The van der Waals surface area contributed by atoms with Crippen LogP contribution in [-0.4, -0.2) is 39.4 Å². The minimum Gasteiger partial charge on any atom is -0.338 e. The first-order chi connectivity index (χ1) is 11.4. The molecule has 0 bridgehead atoms. The molecule has 1 aromatic rings. The maximum atomic E-state index is 12.8. The molecule has 5 nitrogen and oxygen atoms in total. The standard InChI is InChI=1S/C17H23ClN2O3S/c1-19-24(22,23)16-10-13(6-7-15(16)18)17(21)20-9-8-12-4-2-3-5-14(12)11-20/h6-7,10,12,14,19H,2-5,8-9,11H2,1H3/t12-,14+/m1/s1. The van der Waals surface area contributed by atoms with E-state index in [9.17, 15) is 13.2 Å². The van der Waals surface area contributed by atoms with Crippen molar-refractivity contribution in [2.45, 2.75) is 37.0 Å². The highest BCUT2D eigenvalue weighted by molar-refractivity contribution is 7.89. The number of likely N-dealkylation sites (tertiary alicyclic amines) is 1. The number of nitrogens with zero attached hydrogens (tertiary/aromatic N) is 1. The monoisotopic (exact) mass is 370 g/mol. The Morgan fingerprint density at radius 2 is 1.92 bits per heavy atom. The van der Waals surface area contributed by atoms with Crippen molar-refractivity contribution in [2.75, 3.05) is 20.1 Å². The van der Waals surface area contributed by atoms with E-state index in [0.717, 1.165) is 25.4 Å². The molecule has 0 aromatic heterocycles. The van der Waals surface area contributed by atoms with E-state index in [-0.39, 0.29) is 15.8 Å². The van der Waals surface area contributed by atoms with Crippen LogP contribution in [0.15, 0.2) is 23.1 Å². The molecule has 24 heavy (non-hydrogen) atoms. The molecule has 3 rings (SSSR count). The number of hydrogen-bond acceptors (Lipinski definition) is 3. The minimum atomic E-state index is -3.69. The summed E-state index contributed by atoms with van der Waals surface area (Å²) in [7, 11) is -2.36. The zero-order chi connectivity index (χ0) is 17.3. The van der Waals surface area contributed by atoms with Crippen molar-refractivity contribution in [3.8, 4) is 0 Å². The Hall–Kier alpha value is -1.11. The van der Waals surface area contributed by atoms with Crippen molar-refractivity contribution in [2.24, 2.45) is 11.8 Å². The molecule has 1 saturated heterocycles. The number of halogens is 1. The van der Waals surface area contributed by atoms with E-state index in [2.05, 4.69) is 4.72 Å². The van der Waals surface area contributed by atoms with Gasteiger partial charge >= 0.3 is 0 Å². The van der Waals surface area contributed by atoms with Gasteiger partial charge in [-0.25, -0.2) is 13.1 Å². The topological polar surface area (TPSA) is 66.5 Å². The van der Waals surface area contributed by atoms with E-state index < -0.39 is 10.0 Å². The molecule has 1 saturated carbocycles. The van der Waals surface area contributed by atoms with Gasteiger partial charge in [0, 0.05) is 18.7 Å². The molecule has 1 N–H and O–H groups in total. The summed E-state index contributed by atoms with van der Waals surface area (Å²) in [6.45, 7) is 1.52. The number of piperidine rings is 1. The second-order valence-electron chi connectivity index (χ2n) is 6.70. The molecule has 1 aromatic carbocycles. The van der Waals surface area contributed by atoms with Crippen LogP contribution in [0.2, 0.25) is 5.02 Å². The Labute approximate surface area is 148 Å². The van der Waals surface area contributed by atoms with Crippen LogP contribution in [0.3, 0.4) is 0 Å². The first kappa shape index (κ1) is 17.7. The molecule has 2 aliphatic rings. The van der Waals surface area contributed by atoms with Gasteiger partial charge in [0.1, 0.15) is 4.90 Å². The highest BCUT2D eigenvalue weighted by Gasteiger charge is 2.33. The lowest BCUT2D eigenvalue weighted by Gasteiger charge is -2.41. The number of rotatable bonds is 3. The third-order valence-corrected chi connectivity index (χ3v) is 7.21. The van der Waals surface area contributed by atoms with Gasteiger partial charge in [-0.2, -0.15) is 0 Å². The van der Waals surface area contributed by atoms with Gasteiger partial charge < -0.3 is 4.90 Å². The Kier molecular flexibility index (Phi) is 5.18. The van der Waals surface area contributed by atoms with Gasteiger partial charge in [0.25, 0.3) is 5.91 Å². The van der Waals surface area contributed by atoms with Crippen LogP contribution >= 0.6 is 11.6 Å². The van der Waals surface area contributed by atoms with Gasteiger partial charge in [0.15, 0.2) is 0 Å². The molecule has 1 aliphatic carbocycles. The van der Waals surface area contributed by atoms with Crippen molar-refractivity contribution in [1.82, 2.24) is 9.62 Å². The van der Waals surface area contributed by atoms with Crippen LogP contribution in [0.25, 0.3) is 0 Å². The summed E-state index contributed by atoms with van der Waals surface area (Å²) < 4.78 is 26.3. The largest absolute Gasteiger partial charge is 0.338 e. The molecule has 0 unspecified atom stereocenters. The smallest absolute Gasteiger partial charge is 0.253 e. The van der Waals surface area contributed by atoms with Crippen LogP contribution in [0, 0.1) is 11.8 Å². The highest BCUT2D eigenvalue weighted by Crippen LogP contribution is 2.36. The molecular weight excluding hydrogens is 348 g/mol. The molecule has 132 valence electrons. The van der Waals surface area contributed by atoms with Crippen molar-refractivity contribution in [3.63, 3.8) is 0 Å². The maximum absolute atomic E-state index is 12.8. The summed E-state index contributed by atoms with van der Waals surface area (Å²) in [5.74, 6) is 1.22. The molecule has 1 amide bonds. The van der Waals surface area contributed by atoms with Crippen molar-refractivity contribution in [1.29, 1.82) is 0 Å². The van der Waals surface area contributed by atoms with Crippen molar-refractivity contribution < 1.29 is 13.2 Å². The van der Waals surface area contributed by atoms with E-state index in [1.54, 1.807) is 6.07 Å². The number of hydrogen-bond donors (Lipinski definition) is 1. The molecule has 1 aliphatic heterocycles. The lowest BCUT2D eigenvalue weighted by molar-refractivity contribution is 0.0520. The molecular formula is C17H23ClN2O3S. The predicted octanol–water partition coefficient (Wildman–Crippen LogP) is 2.90. The first-order valence-electron chi connectivity index (χ1n) is 8.45. The lowest BCUT2D eigenvalue weighted by Crippen LogP contribution is -2.44. The van der Waals surface area contributed by atoms with Crippen molar-refractivity contribution in [3.05, 3.63) is 28.8 Å². The van der Waals surface area contributed by atoms with E-state index in [1.807, 2.05) is 4.90 Å². The van der Waals surface area contributed by atoms with Gasteiger partial charge in [-0.1, -0.05) is 30.9 Å². The average Bonchev–Trinajstić information content (AvgIpc) is 2.61. The Morgan fingerprint density at radius 3 is 2.62 bits per heavy atom. The number of carbonyl (C=O) groups is 1. The first-order valence-corrected chi connectivity index (χ1v) is 10.3. The molecule has 1 heterocycles. The van der Waals surface area contributed by atoms with Gasteiger partial charge in [0.2, 0.25) is 10.0 Å². The van der Waals surface area contributed by atoms with Crippen LogP contribution in [0.4, 0.5) is 0 Å². The summed E-state index contributed by atoms with van der Waals surface area (Å²) in [6, 6.07) is 4.46. The van der Waals surface area contributed by atoms with Crippen LogP contribution < -0.4 is 4.72 Å². The van der Waals surface area contributed by atoms with Gasteiger partial charge in [-0.3, -0.25) is 4.79 Å². The van der Waals surface area contributed by atoms with Crippen LogP contribution in [0.5, 0.6) is 0 Å². The summed E-state index contributed by atoms with van der Waals surface area (Å²) in [5, 5.41) is 0.117. The van der Waals surface area contributed by atoms with E-state index >= 15 is 0 Å². The zero-order valence-corrected chi connectivity index (χ0v) is 15.4. The highest BCUT2D eigenvalue weighted by atomic mass is 35.5. The third kappa shape index (κ3) is 3.46. The number of amides is 1. The molecule has 7 heteroatoms. The molecule has 0 radical (unpaired) electrons. The van der Waals surface area contributed by atoms with Crippen molar-refractivity contribution >= 4 is 27.5 Å². The fourth-order valence-corrected chi connectivity index (χ4v) is 5.17. The molecule has 2 atom stereocenters. The Balaban J connectivity index is 1.81. The third-order valence-electron chi connectivity index (χ3n) is 5.31. The number of carbonyl (C=O) groups excluding carboxylic acids is 1. The summed E-state index contributed by atoms with van der Waals surface area (Å²) in [6.07, 6.45) is 6.06. The second-order valence-corrected chi connectivity index (χ2v) is 8.96. The quantitative estimate of drug-likeness (QED) is 0.889. The molecule has 2 fully saturated rings. The number of nitrogens with one attached hydrogen (secondary N) is 1. The Bertz CT molecular complexity index is 735. The summed E-state index contributed by atoms with van der Waals surface area (Å²) in [5.41, 5.74) is 0.377. The second kappa shape index (κ2) is 7.02. The fourth-order valence-electron chi connectivity index (χ4n) is 3.92. The number of sulfonamides is 1. The summed E-state index contributed by atoms with van der Waals surface area (Å²) in [4.78, 5) is 14.6. The zero-order valence-electron chi connectivity index (χ0n) is 13.8. The normalized spacial score (nSPS) is 24.5. The number of benzene rings is 1. The van der Waals surface area contributed by atoms with E-state index in [0.29, 0.717) is 11.5 Å². The molecule has 0 spiro atoms. The Morgan fingerprint density at radius 1 is 1.21 bits per heavy atom. The minimum absolute atomic E-state index is 0.0509. The van der Waals surface area contributed by atoms with Gasteiger partial charge in [-0.05, 0) is 49.9 Å². The lowest BCUT2D eigenvalue weighted by atomic mass is 9.75. The van der Waals surface area contributed by atoms with E-state index in [1.165, 1.54) is 44.9 Å². The van der Waals surface area contributed by atoms with Gasteiger partial charge in [0.05, 0.1) is 5.02 Å². The fraction of sp³-hybridized carbons (Fsp3) is 0.588. The van der Waals surface area contributed by atoms with Gasteiger partial charge in [-0.15, -0.1) is 0 Å². The van der Waals surface area contributed by atoms with Crippen LogP contribution in [-0.2, 0) is 10.0 Å². The summed E-state index contributed by atoms with van der Waals surface area (Å²) >= 11 is 6.00. The SMILES string of the molecule is CNS(=O)(=O)c1cc(C(=O)N2CC[C@H]3CCCC[C@H]3C2)ccc1Cl. The van der Waals surface area contributed by atoms with Crippen LogP contribution in [0.1, 0.15) is 42.5 Å². The average molecular weight is 371 g/mol.